The molecule has 0 fully saturated rings. The molecule has 6 heteroatoms. The summed E-state index contributed by atoms with van der Waals surface area (Å²) in [6, 6.07) is 26.7. The Labute approximate surface area is 191 Å². The molecule has 0 atom stereocenters. The summed E-state index contributed by atoms with van der Waals surface area (Å²) < 4.78 is 1.28. The van der Waals surface area contributed by atoms with Crippen molar-refractivity contribution in [3.05, 3.63) is 114 Å². The van der Waals surface area contributed by atoms with E-state index in [4.69, 9.17) is 0 Å². The van der Waals surface area contributed by atoms with Gasteiger partial charge < -0.3 is 5.11 Å². The second-order valence-electron chi connectivity index (χ2n) is 8.08. The molecule has 0 aliphatic heterocycles. The molecule has 0 radical (unpaired) electrons. The second kappa shape index (κ2) is 9.14. The van der Waals surface area contributed by atoms with Crippen molar-refractivity contribution in [3.8, 4) is 11.3 Å². The summed E-state index contributed by atoms with van der Waals surface area (Å²) in [5, 5.41) is 19.5. The lowest BCUT2D eigenvalue weighted by Crippen LogP contribution is -2.28. The van der Waals surface area contributed by atoms with Crippen molar-refractivity contribution in [1.29, 1.82) is 0 Å². The molecular formula is C27H23N3O3. The molecule has 0 amide bonds. The summed E-state index contributed by atoms with van der Waals surface area (Å²) in [5.41, 5.74) is 0.796. The Hall–Kier alpha value is -4.16. The minimum Gasteiger partial charge on any atom is -0.384 e. The third-order valence-electron chi connectivity index (χ3n) is 5.15. The summed E-state index contributed by atoms with van der Waals surface area (Å²) in [6.45, 7) is 3.08. The molecule has 33 heavy (non-hydrogen) atoms. The van der Waals surface area contributed by atoms with Gasteiger partial charge in [-0.25, -0.2) is 4.68 Å². The number of hydrogen-bond donors (Lipinski definition) is 1. The molecule has 4 rings (SSSR count). The zero-order chi connectivity index (χ0) is 23.4. The Morgan fingerprint density at radius 3 is 1.88 bits per heavy atom. The summed E-state index contributed by atoms with van der Waals surface area (Å²) >= 11 is 0. The van der Waals surface area contributed by atoms with E-state index >= 15 is 0 Å². The van der Waals surface area contributed by atoms with Crippen molar-refractivity contribution in [1.82, 2.24) is 15.0 Å². The molecule has 4 aromatic rings. The van der Waals surface area contributed by atoms with Crippen LogP contribution in [0.4, 0.5) is 0 Å². The molecule has 0 unspecified atom stereocenters. The predicted octanol–water partition coefficient (Wildman–Crippen LogP) is 4.67. The summed E-state index contributed by atoms with van der Waals surface area (Å²) in [7, 11) is 0. The quantitative estimate of drug-likeness (QED) is 0.335. The highest BCUT2D eigenvalue weighted by molar-refractivity contribution is 6.13. The minimum atomic E-state index is -1.49. The number of aliphatic hydroxyl groups is 1. The van der Waals surface area contributed by atoms with Crippen LogP contribution in [0.1, 0.15) is 40.3 Å². The van der Waals surface area contributed by atoms with Crippen LogP contribution in [0.3, 0.4) is 0 Å². The first-order valence-electron chi connectivity index (χ1n) is 10.5. The first kappa shape index (κ1) is 22.0. The zero-order valence-corrected chi connectivity index (χ0v) is 18.3. The largest absolute Gasteiger partial charge is 0.384 e. The van der Waals surface area contributed by atoms with Crippen LogP contribution in [0.5, 0.6) is 0 Å². The summed E-state index contributed by atoms with van der Waals surface area (Å²) in [4.78, 5) is 26.6. The van der Waals surface area contributed by atoms with E-state index in [0.29, 0.717) is 22.4 Å². The fourth-order valence-corrected chi connectivity index (χ4v) is 3.48. The van der Waals surface area contributed by atoms with Gasteiger partial charge in [0.2, 0.25) is 5.78 Å². The van der Waals surface area contributed by atoms with Crippen LogP contribution >= 0.6 is 0 Å². The van der Waals surface area contributed by atoms with E-state index in [1.807, 2.05) is 42.5 Å². The highest BCUT2D eigenvalue weighted by Gasteiger charge is 2.31. The van der Waals surface area contributed by atoms with Gasteiger partial charge in [-0.15, -0.1) is 5.10 Å². The molecule has 0 aliphatic carbocycles. The van der Waals surface area contributed by atoms with Gasteiger partial charge in [0.05, 0.1) is 5.70 Å². The maximum atomic E-state index is 13.6. The molecular weight excluding hydrogens is 414 g/mol. The number of hydrogen-bond acceptors (Lipinski definition) is 5. The van der Waals surface area contributed by atoms with Gasteiger partial charge in [-0.05, 0) is 13.8 Å². The number of carbonyl (C=O) groups excluding carboxylic acids is 2. The minimum absolute atomic E-state index is 0.144. The fraction of sp³-hybridized carbons (Fsp3) is 0.111. The molecule has 164 valence electrons. The van der Waals surface area contributed by atoms with Crippen LogP contribution in [0, 0.1) is 0 Å². The average molecular weight is 437 g/mol. The fourth-order valence-electron chi connectivity index (χ4n) is 3.48. The molecule has 1 aromatic heterocycles. The van der Waals surface area contributed by atoms with E-state index in [-0.39, 0.29) is 23.0 Å². The van der Waals surface area contributed by atoms with Gasteiger partial charge in [0, 0.05) is 22.8 Å². The van der Waals surface area contributed by atoms with Crippen molar-refractivity contribution in [2.75, 3.05) is 0 Å². The Morgan fingerprint density at radius 1 is 0.818 bits per heavy atom. The number of aromatic nitrogens is 3. The molecule has 0 bridgehead atoms. The molecule has 6 nitrogen and oxygen atoms in total. The molecule has 0 spiro atoms. The number of benzene rings is 3. The zero-order valence-electron chi connectivity index (χ0n) is 18.3. The summed E-state index contributed by atoms with van der Waals surface area (Å²) in [5.74, 6) is -0.635. The predicted molar refractivity (Wildman–Crippen MR) is 127 cm³/mol. The number of ketones is 2. The van der Waals surface area contributed by atoms with E-state index in [2.05, 4.69) is 10.3 Å². The van der Waals surface area contributed by atoms with Crippen molar-refractivity contribution in [3.63, 3.8) is 0 Å². The Kier molecular flexibility index (Phi) is 6.11. The van der Waals surface area contributed by atoms with Crippen molar-refractivity contribution >= 4 is 17.3 Å². The Balaban J connectivity index is 1.93. The lowest BCUT2D eigenvalue weighted by atomic mass is 9.99. The monoisotopic (exact) mass is 437 g/mol. The average Bonchev–Trinajstić information content (AvgIpc) is 3.27. The third kappa shape index (κ3) is 4.71. The van der Waals surface area contributed by atoms with Gasteiger partial charge >= 0.3 is 0 Å². The van der Waals surface area contributed by atoms with Crippen molar-refractivity contribution < 1.29 is 14.7 Å². The van der Waals surface area contributed by atoms with E-state index in [0.717, 1.165) is 0 Å². The van der Waals surface area contributed by atoms with Crippen LogP contribution in [0.2, 0.25) is 0 Å². The number of rotatable bonds is 7. The normalized spacial score (nSPS) is 11.9. The molecule has 0 aliphatic rings. The Bertz CT molecular complexity index is 1300. The van der Waals surface area contributed by atoms with Crippen LogP contribution in [-0.4, -0.2) is 37.3 Å². The van der Waals surface area contributed by atoms with Crippen LogP contribution < -0.4 is 0 Å². The van der Waals surface area contributed by atoms with Gasteiger partial charge in [-0.2, -0.15) is 0 Å². The number of nitrogens with zero attached hydrogens (tertiary/aromatic N) is 3. The lowest BCUT2D eigenvalue weighted by molar-refractivity contribution is 0.101. The number of allylic oxidation sites excluding steroid dienone is 1. The molecule has 1 heterocycles. The molecule has 3 aromatic carbocycles. The Morgan fingerprint density at radius 2 is 1.33 bits per heavy atom. The second-order valence-corrected chi connectivity index (χ2v) is 8.08. The third-order valence-corrected chi connectivity index (χ3v) is 5.15. The van der Waals surface area contributed by atoms with Crippen LogP contribution in [0.15, 0.2) is 97.1 Å². The molecule has 0 saturated carbocycles. The van der Waals surface area contributed by atoms with E-state index in [1.54, 1.807) is 48.5 Å². The molecule has 0 saturated heterocycles. The van der Waals surface area contributed by atoms with E-state index < -0.39 is 5.60 Å². The smallest absolute Gasteiger partial charge is 0.213 e. The van der Waals surface area contributed by atoms with Crippen molar-refractivity contribution in [2.45, 2.75) is 19.4 Å². The standard InChI is InChI=1S/C27H23N3O3/c1-27(2,33)23(18-22(31)19-12-6-3-7-13-19)30-25(26(32)21-16-10-5-11-17-21)24(28-29-30)20-14-8-4-9-15-20/h3-18,33H,1-2H3/b23-18+. The maximum Gasteiger partial charge on any atom is 0.213 e. The SMILES string of the molecule is CC(C)(O)/C(=C\C(=O)c1ccccc1)n1nnc(-c2ccccc2)c1C(=O)c1ccccc1. The van der Waals surface area contributed by atoms with Gasteiger partial charge in [-0.1, -0.05) is 96.2 Å². The maximum absolute atomic E-state index is 13.6. The van der Waals surface area contributed by atoms with Crippen LogP contribution in [0.25, 0.3) is 17.0 Å². The van der Waals surface area contributed by atoms with Gasteiger partial charge in [0.1, 0.15) is 17.0 Å². The highest BCUT2D eigenvalue weighted by Crippen LogP contribution is 2.29. The number of carbonyl (C=O) groups is 2. The van der Waals surface area contributed by atoms with Crippen molar-refractivity contribution in [2.24, 2.45) is 0 Å². The topological polar surface area (TPSA) is 85.1 Å². The first-order chi connectivity index (χ1) is 15.9. The first-order valence-corrected chi connectivity index (χ1v) is 10.5. The van der Waals surface area contributed by atoms with Gasteiger partial charge in [0.25, 0.3) is 0 Å². The van der Waals surface area contributed by atoms with Gasteiger partial charge in [0.15, 0.2) is 5.78 Å². The summed E-state index contributed by atoms with van der Waals surface area (Å²) in [6.07, 6.45) is 1.31. The van der Waals surface area contributed by atoms with Crippen LogP contribution in [-0.2, 0) is 0 Å². The van der Waals surface area contributed by atoms with E-state index in [1.165, 1.54) is 24.6 Å². The molecule has 1 N–H and O–H groups in total. The highest BCUT2D eigenvalue weighted by atomic mass is 16.3. The van der Waals surface area contributed by atoms with E-state index in [9.17, 15) is 14.7 Å². The lowest BCUT2D eigenvalue weighted by Gasteiger charge is -2.22. The van der Waals surface area contributed by atoms with Gasteiger partial charge in [-0.3, -0.25) is 9.59 Å².